The van der Waals surface area contributed by atoms with Crippen LogP contribution in [0.5, 0.6) is 0 Å². The van der Waals surface area contributed by atoms with E-state index in [1.807, 2.05) is 0 Å². The first-order valence-corrected chi connectivity index (χ1v) is 7.14. The third kappa shape index (κ3) is 5.29. The van der Waals surface area contributed by atoms with Crippen LogP contribution < -0.4 is 0 Å². The monoisotopic (exact) mass is 337 g/mol. The second-order valence-corrected chi connectivity index (χ2v) is 6.23. The first-order chi connectivity index (χ1) is 9.48. The van der Waals surface area contributed by atoms with Crippen LogP contribution in [0.15, 0.2) is 18.2 Å². The average Bonchev–Trinajstić information content (AvgIpc) is 2.35. The molecule has 119 valence electrons. The fourth-order valence-corrected chi connectivity index (χ4v) is 2.73. The number of halogens is 6. The van der Waals surface area contributed by atoms with Crippen LogP contribution in [0, 0.1) is 0 Å². The summed E-state index contributed by atoms with van der Waals surface area (Å²) < 4.78 is 77.3. The summed E-state index contributed by atoms with van der Waals surface area (Å²) in [5.74, 6) is 0. The molecule has 2 atom stereocenters. The quantitative estimate of drug-likeness (QED) is 0.431. The molecular weight excluding hydrogens is 324 g/mol. The molecule has 2 unspecified atom stereocenters. The van der Waals surface area contributed by atoms with E-state index in [-0.39, 0.29) is 24.5 Å². The third-order valence-electron chi connectivity index (χ3n) is 2.89. The summed E-state index contributed by atoms with van der Waals surface area (Å²) in [6, 6.07) is 1.67. The zero-order valence-electron chi connectivity index (χ0n) is 12.2. The van der Waals surface area contributed by atoms with Crippen molar-refractivity contribution < 1.29 is 31.1 Å². The number of benzene rings is 1. The Morgan fingerprint density at radius 3 is 1.82 bits per heavy atom. The van der Waals surface area contributed by atoms with Crippen LogP contribution in [0.3, 0.4) is 0 Å². The molecule has 0 saturated heterocycles. The normalized spacial score (nSPS) is 14.0. The van der Waals surface area contributed by atoms with Gasteiger partial charge in [-0.3, -0.25) is 4.79 Å². The molecule has 0 fully saturated rings. The van der Waals surface area contributed by atoms with Crippen LogP contribution in [0.25, 0.3) is 0 Å². The van der Waals surface area contributed by atoms with Crippen molar-refractivity contribution in [3.05, 3.63) is 34.9 Å². The summed E-state index contributed by atoms with van der Waals surface area (Å²) in [4.78, 5) is 12.0. The van der Waals surface area contributed by atoms with E-state index in [9.17, 15) is 31.1 Å². The number of carbonyl (C=O) groups excluding carboxylic acids is 1. The summed E-state index contributed by atoms with van der Waals surface area (Å²) in [6.07, 6.45) is -9.52. The molecule has 0 heterocycles. The van der Waals surface area contributed by atoms with Crippen LogP contribution in [0.1, 0.15) is 41.8 Å². The number of hydrogen-bond donors (Lipinski definition) is 0. The molecule has 0 amide bonds. The molecule has 1 radical (unpaired) electrons. The van der Waals surface area contributed by atoms with Gasteiger partial charge in [0, 0.05) is 24.4 Å². The van der Waals surface area contributed by atoms with E-state index < -0.39 is 43.1 Å². The summed E-state index contributed by atoms with van der Waals surface area (Å²) >= 11 is 0. The van der Waals surface area contributed by atoms with E-state index >= 15 is 0 Å². The fourth-order valence-electron chi connectivity index (χ4n) is 1.67. The van der Waals surface area contributed by atoms with E-state index in [2.05, 4.69) is 0 Å². The molecule has 0 aromatic heterocycles. The van der Waals surface area contributed by atoms with Gasteiger partial charge in [0.25, 0.3) is 0 Å². The molecule has 1 nitrogen and oxygen atoms in total. The van der Waals surface area contributed by atoms with Gasteiger partial charge in [-0.05, 0) is 32.8 Å². The standard InChI is InChI=1S/C13H13F6OP.Li/c1-3-7(2)21-11(20)10-8(12(14,15)16)5-4-6-9(10)13(17,18)19;/h4-7,21H,3H2,1-2H3;. The Balaban J connectivity index is 0.00000441. The van der Waals surface area contributed by atoms with Gasteiger partial charge in [0.05, 0.1) is 11.1 Å². The minimum atomic E-state index is -5.01. The SMILES string of the molecule is CCC(C)PC(=O)c1c(C(F)(F)F)cccc1C(F)(F)F.[Li]. The molecule has 1 rings (SSSR count). The van der Waals surface area contributed by atoms with Gasteiger partial charge in [-0.25, -0.2) is 0 Å². The van der Waals surface area contributed by atoms with E-state index in [0.29, 0.717) is 24.6 Å². The van der Waals surface area contributed by atoms with Crippen molar-refractivity contribution in [2.75, 3.05) is 0 Å². The molecular formula is C13H13F6LiOP. The van der Waals surface area contributed by atoms with Gasteiger partial charge >= 0.3 is 12.4 Å². The van der Waals surface area contributed by atoms with Crippen LogP contribution >= 0.6 is 8.58 Å². The Hall–Kier alpha value is -0.503. The third-order valence-corrected chi connectivity index (χ3v) is 4.31. The molecule has 0 N–H and O–H groups in total. The molecule has 0 bridgehead atoms. The Labute approximate surface area is 137 Å². The molecule has 9 heteroatoms. The molecule has 0 saturated carbocycles. The average molecular weight is 337 g/mol. The van der Waals surface area contributed by atoms with Gasteiger partial charge in [0.2, 0.25) is 0 Å². The summed E-state index contributed by atoms with van der Waals surface area (Å²) in [5, 5.41) is 0. The minimum Gasteiger partial charge on any atom is -0.289 e. The van der Waals surface area contributed by atoms with Crippen molar-refractivity contribution in [2.24, 2.45) is 0 Å². The Bertz CT molecular complexity index is 494. The number of carbonyl (C=O) groups is 1. The largest absolute Gasteiger partial charge is 0.417 e. The van der Waals surface area contributed by atoms with E-state index in [0.717, 1.165) is 0 Å². The predicted octanol–water partition coefficient (Wildman–Crippen LogP) is 4.96. The zero-order chi connectivity index (χ0) is 16.4. The Kier molecular flexibility index (Phi) is 7.67. The Morgan fingerprint density at radius 2 is 1.50 bits per heavy atom. The second kappa shape index (κ2) is 7.85. The first-order valence-electron chi connectivity index (χ1n) is 6.06. The van der Waals surface area contributed by atoms with Gasteiger partial charge in [0.1, 0.15) is 0 Å². The topological polar surface area (TPSA) is 17.1 Å². The van der Waals surface area contributed by atoms with E-state index in [1.54, 1.807) is 13.8 Å². The van der Waals surface area contributed by atoms with Crippen LogP contribution in [0.2, 0.25) is 0 Å². The van der Waals surface area contributed by atoms with Gasteiger partial charge < -0.3 is 0 Å². The number of hydrogen-bond acceptors (Lipinski definition) is 1. The van der Waals surface area contributed by atoms with E-state index in [4.69, 9.17) is 0 Å². The maximum Gasteiger partial charge on any atom is 0.417 e. The smallest absolute Gasteiger partial charge is 0.289 e. The maximum atomic E-state index is 12.9. The van der Waals surface area contributed by atoms with Gasteiger partial charge in [0.15, 0.2) is 5.52 Å². The van der Waals surface area contributed by atoms with Crippen molar-refractivity contribution in [1.82, 2.24) is 0 Å². The van der Waals surface area contributed by atoms with Crippen LogP contribution in [-0.4, -0.2) is 30.0 Å². The molecule has 0 aliphatic heterocycles. The molecule has 22 heavy (non-hydrogen) atoms. The van der Waals surface area contributed by atoms with Crippen molar-refractivity contribution in [1.29, 1.82) is 0 Å². The number of rotatable bonds is 4. The van der Waals surface area contributed by atoms with Gasteiger partial charge in [-0.15, -0.1) is 0 Å². The fraction of sp³-hybridized carbons (Fsp3) is 0.462. The molecule has 0 spiro atoms. The zero-order valence-corrected chi connectivity index (χ0v) is 13.2. The molecule has 0 aliphatic carbocycles. The van der Waals surface area contributed by atoms with Crippen molar-refractivity contribution in [3.8, 4) is 0 Å². The van der Waals surface area contributed by atoms with Crippen molar-refractivity contribution in [3.63, 3.8) is 0 Å². The van der Waals surface area contributed by atoms with Gasteiger partial charge in [-0.2, -0.15) is 26.3 Å². The molecule has 1 aromatic carbocycles. The summed E-state index contributed by atoms with van der Waals surface area (Å²) in [5.41, 5.74) is -5.70. The van der Waals surface area contributed by atoms with E-state index in [1.165, 1.54) is 0 Å². The summed E-state index contributed by atoms with van der Waals surface area (Å²) in [6.45, 7) is 3.32. The molecule has 0 aliphatic rings. The maximum absolute atomic E-state index is 12.9. The van der Waals surface area contributed by atoms with Crippen LogP contribution in [-0.2, 0) is 12.4 Å². The van der Waals surface area contributed by atoms with Crippen molar-refractivity contribution >= 4 is 33.0 Å². The Morgan fingerprint density at radius 1 is 1.09 bits per heavy atom. The van der Waals surface area contributed by atoms with Crippen molar-refractivity contribution in [2.45, 2.75) is 38.3 Å². The first kappa shape index (κ1) is 21.5. The minimum absolute atomic E-state index is 0. The van der Waals surface area contributed by atoms with Crippen LogP contribution in [0.4, 0.5) is 26.3 Å². The second-order valence-electron chi connectivity index (χ2n) is 4.51. The predicted molar refractivity (Wildman–Crippen MR) is 74.6 cm³/mol. The molecule has 1 aromatic rings. The number of alkyl halides is 6. The van der Waals surface area contributed by atoms with Gasteiger partial charge in [-0.1, -0.05) is 19.9 Å². The summed E-state index contributed by atoms with van der Waals surface area (Å²) in [7, 11) is -0.631.